The molecule has 1 heterocycles. The maximum atomic E-state index is 9.26. The summed E-state index contributed by atoms with van der Waals surface area (Å²) in [5.74, 6) is 0. The molecule has 1 aromatic rings. The Morgan fingerprint density at radius 2 is 2.17 bits per heavy atom. The number of hydrogen-bond donors (Lipinski definition) is 2. The Morgan fingerprint density at radius 3 is 2.78 bits per heavy atom. The van der Waals surface area contributed by atoms with Gasteiger partial charge in [-0.1, -0.05) is 19.3 Å². The highest BCUT2D eigenvalue weighted by molar-refractivity contribution is 5.03. The number of aromatic nitrogens is 2. The molecule has 0 atom stereocenters. The lowest BCUT2D eigenvalue weighted by molar-refractivity contribution is 0.126. The number of aliphatic hydroxyl groups excluding tert-OH is 1. The van der Waals surface area contributed by atoms with E-state index in [1.54, 1.807) is 0 Å². The number of hydrogen-bond acceptors (Lipinski definition) is 3. The van der Waals surface area contributed by atoms with E-state index in [4.69, 9.17) is 0 Å². The predicted octanol–water partition coefficient (Wildman–Crippen LogP) is 1.84. The molecule has 102 valence electrons. The number of aryl methyl sites for hydroxylation is 1. The summed E-state index contributed by atoms with van der Waals surface area (Å²) in [7, 11) is 1.94. The zero-order valence-corrected chi connectivity index (χ0v) is 11.4. The van der Waals surface area contributed by atoms with Crippen molar-refractivity contribution < 1.29 is 5.11 Å². The van der Waals surface area contributed by atoms with E-state index in [1.807, 2.05) is 24.1 Å². The topological polar surface area (TPSA) is 50.1 Å². The average Bonchev–Trinajstić information content (AvgIpc) is 2.77. The van der Waals surface area contributed by atoms with E-state index in [-0.39, 0.29) is 0 Å². The summed E-state index contributed by atoms with van der Waals surface area (Å²) in [6.07, 6.45) is 11.4. The quantitative estimate of drug-likeness (QED) is 0.811. The third-order valence-corrected chi connectivity index (χ3v) is 4.14. The highest BCUT2D eigenvalue weighted by Crippen LogP contribution is 2.38. The smallest absolute Gasteiger partial charge is 0.0534 e. The molecule has 18 heavy (non-hydrogen) atoms. The lowest BCUT2D eigenvalue weighted by Crippen LogP contribution is -2.36. The Hall–Kier alpha value is -0.870. The fourth-order valence-corrected chi connectivity index (χ4v) is 3.09. The van der Waals surface area contributed by atoms with Gasteiger partial charge in [-0.25, -0.2) is 0 Å². The van der Waals surface area contributed by atoms with Gasteiger partial charge in [0.05, 0.1) is 6.20 Å². The molecule has 0 aliphatic heterocycles. The van der Waals surface area contributed by atoms with E-state index in [1.165, 1.54) is 37.7 Å². The Labute approximate surface area is 109 Å². The number of aliphatic hydroxyl groups is 1. The number of nitrogens with one attached hydrogen (secondary N) is 1. The first-order chi connectivity index (χ1) is 8.74. The second-order valence-electron chi connectivity index (χ2n) is 5.66. The van der Waals surface area contributed by atoms with Gasteiger partial charge in [0.25, 0.3) is 0 Å². The Balaban J connectivity index is 1.82. The maximum absolute atomic E-state index is 9.26. The van der Waals surface area contributed by atoms with Crippen molar-refractivity contribution in [3.8, 4) is 0 Å². The second-order valence-corrected chi connectivity index (χ2v) is 5.66. The van der Waals surface area contributed by atoms with Crippen LogP contribution in [0, 0.1) is 5.41 Å². The average molecular weight is 251 g/mol. The molecule has 1 aliphatic carbocycles. The molecule has 0 spiro atoms. The molecule has 2 N–H and O–H groups in total. The minimum absolute atomic E-state index is 0.314. The van der Waals surface area contributed by atoms with Gasteiger partial charge in [-0.3, -0.25) is 4.68 Å². The molecule has 4 nitrogen and oxygen atoms in total. The second kappa shape index (κ2) is 6.34. The van der Waals surface area contributed by atoms with Crippen molar-refractivity contribution in [1.82, 2.24) is 15.1 Å². The van der Waals surface area contributed by atoms with Crippen molar-refractivity contribution in [2.45, 2.75) is 45.1 Å². The van der Waals surface area contributed by atoms with E-state index < -0.39 is 0 Å². The van der Waals surface area contributed by atoms with Gasteiger partial charge in [-0.15, -0.1) is 0 Å². The summed E-state index contributed by atoms with van der Waals surface area (Å²) in [4.78, 5) is 0. The van der Waals surface area contributed by atoms with Gasteiger partial charge in [0.1, 0.15) is 0 Å². The Morgan fingerprint density at radius 1 is 1.39 bits per heavy atom. The molecule has 1 saturated carbocycles. The zero-order chi connectivity index (χ0) is 12.8. The summed E-state index contributed by atoms with van der Waals surface area (Å²) < 4.78 is 1.83. The molecule has 4 heteroatoms. The summed E-state index contributed by atoms with van der Waals surface area (Å²) >= 11 is 0. The van der Waals surface area contributed by atoms with E-state index in [9.17, 15) is 5.11 Å². The normalized spacial score (nSPS) is 19.0. The van der Waals surface area contributed by atoms with E-state index >= 15 is 0 Å². The fraction of sp³-hybridized carbons (Fsp3) is 0.786. The van der Waals surface area contributed by atoms with Crippen molar-refractivity contribution in [3.05, 3.63) is 18.0 Å². The van der Waals surface area contributed by atoms with Gasteiger partial charge in [0.2, 0.25) is 0 Å². The minimum atomic E-state index is 0.314. The summed E-state index contributed by atoms with van der Waals surface area (Å²) in [5, 5.41) is 17.0. The van der Waals surface area contributed by atoms with Crippen LogP contribution in [0.4, 0.5) is 0 Å². The van der Waals surface area contributed by atoms with Crippen LogP contribution >= 0.6 is 0 Å². The third-order valence-electron chi connectivity index (χ3n) is 4.14. The Bertz CT molecular complexity index is 350. The lowest BCUT2D eigenvalue weighted by Gasteiger charge is -2.37. The molecule has 0 saturated heterocycles. The highest BCUT2D eigenvalue weighted by Gasteiger charge is 2.30. The van der Waals surface area contributed by atoms with Crippen LogP contribution in [0.1, 0.15) is 44.1 Å². The zero-order valence-electron chi connectivity index (χ0n) is 11.4. The van der Waals surface area contributed by atoms with E-state index in [0.29, 0.717) is 12.0 Å². The highest BCUT2D eigenvalue weighted by atomic mass is 16.3. The maximum Gasteiger partial charge on any atom is 0.0534 e. The standard InChI is InChI=1S/C14H25N3O/c1-17-11-13(10-16-17)9-15-12-14(7-8-18)5-3-2-4-6-14/h10-11,15,18H,2-9,12H2,1H3. The summed E-state index contributed by atoms with van der Waals surface area (Å²) in [6.45, 7) is 2.21. The van der Waals surface area contributed by atoms with Crippen LogP contribution < -0.4 is 5.32 Å². The molecule has 0 bridgehead atoms. The van der Waals surface area contributed by atoms with Crippen molar-refractivity contribution in [1.29, 1.82) is 0 Å². The molecule has 2 rings (SSSR count). The molecular formula is C14H25N3O. The summed E-state index contributed by atoms with van der Waals surface area (Å²) in [6, 6.07) is 0. The van der Waals surface area contributed by atoms with Gasteiger partial charge < -0.3 is 10.4 Å². The first-order valence-electron chi connectivity index (χ1n) is 7.03. The van der Waals surface area contributed by atoms with Gasteiger partial charge in [-0.05, 0) is 24.7 Å². The van der Waals surface area contributed by atoms with E-state index in [2.05, 4.69) is 10.4 Å². The van der Waals surface area contributed by atoms with Gasteiger partial charge in [0, 0.05) is 38.5 Å². The first kappa shape index (κ1) is 13.6. The number of nitrogens with zero attached hydrogens (tertiary/aromatic N) is 2. The molecule has 0 amide bonds. The van der Waals surface area contributed by atoms with Crippen molar-refractivity contribution in [2.75, 3.05) is 13.2 Å². The van der Waals surface area contributed by atoms with Crippen LogP contribution in [0.5, 0.6) is 0 Å². The Kier molecular flexibility index (Phi) is 4.78. The molecule has 1 aromatic heterocycles. The molecule has 0 unspecified atom stereocenters. The van der Waals surface area contributed by atoms with Crippen molar-refractivity contribution >= 4 is 0 Å². The molecular weight excluding hydrogens is 226 g/mol. The van der Waals surface area contributed by atoms with Crippen molar-refractivity contribution in [3.63, 3.8) is 0 Å². The first-order valence-corrected chi connectivity index (χ1v) is 7.03. The van der Waals surface area contributed by atoms with Crippen LogP contribution in [-0.2, 0) is 13.6 Å². The monoisotopic (exact) mass is 251 g/mol. The molecule has 0 radical (unpaired) electrons. The largest absolute Gasteiger partial charge is 0.396 e. The van der Waals surface area contributed by atoms with Crippen LogP contribution in [0.3, 0.4) is 0 Å². The fourth-order valence-electron chi connectivity index (χ4n) is 3.09. The molecule has 1 fully saturated rings. The number of rotatable bonds is 6. The van der Waals surface area contributed by atoms with Gasteiger partial charge >= 0.3 is 0 Å². The minimum Gasteiger partial charge on any atom is -0.396 e. The van der Waals surface area contributed by atoms with Crippen LogP contribution in [0.15, 0.2) is 12.4 Å². The lowest BCUT2D eigenvalue weighted by atomic mass is 9.72. The van der Waals surface area contributed by atoms with Gasteiger partial charge in [0.15, 0.2) is 0 Å². The summed E-state index contributed by atoms with van der Waals surface area (Å²) in [5.41, 5.74) is 1.56. The third kappa shape index (κ3) is 3.56. The SMILES string of the molecule is Cn1cc(CNCC2(CCO)CCCCC2)cn1. The molecule has 1 aliphatic rings. The molecule has 0 aromatic carbocycles. The van der Waals surface area contributed by atoms with E-state index in [0.717, 1.165) is 19.5 Å². The predicted molar refractivity (Wildman–Crippen MR) is 72.1 cm³/mol. The van der Waals surface area contributed by atoms with Crippen LogP contribution in [-0.4, -0.2) is 28.0 Å². The van der Waals surface area contributed by atoms with Crippen molar-refractivity contribution in [2.24, 2.45) is 12.5 Å². The van der Waals surface area contributed by atoms with Crippen LogP contribution in [0.25, 0.3) is 0 Å². The van der Waals surface area contributed by atoms with Gasteiger partial charge in [-0.2, -0.15) is 5.10 Å². The van der Waals surface area contributed by atoms with Crippen LogP contribution in [0.2, 0.25) is 0 Å².